The van der Waals surface area contributed by atoms with Crippen molar-refractivity contribution in [1.82, 2.24) is 9.80 Å². The normalized spacial score (nSPS) is 20.9. The Morgan fingerprint density at radius 2 is 1.85 bits per heavy atom. The predicted molar refractivity (Wildman–Crippen MR) is 97.9 cm³/mol. The van der Waals surface area contributed by atoms with Crippen LogP contribution in [0, 0.1) is 0 Å². The highest BCUT2D eigenvalue weighted by atomic mass is 32.2. The highest BCUT2D eigenvalue weighted by Crippen LogP contribution is 2.39. The molecule has 27 heavy (non-hydrogen) atoms. The molecule has 3 rings (SSSR count). The van der Waals surface area contributed by atoms with E-state index < -0.39 is 20.5 Å². The van der Waals surface area contributed by atoms with Crippen molar-refractivity contribution in [3.05, 3.63) is 30.3 Å². The van der Waals surface area contributed by atoms with Crippen LogP contribution >= 0.6 is 0 Å². The van der Waals surface area contributed by atoms with Crippen molar-refractivity contribution in [2.24, 2.45) is 0 Å². The number of ether oxygens (including phenoxy) is 2. The third-order valence-corrected chi connectivity index (χ3v) is 7.62. The first-order valence-corrected chi connectivity index (χ1v) is 10.5. The third kappa shape index (κ3) is 3.79. The first-order chi connectivity index (χ1) is 12.9. The molecule has 9 heteroatoms. The van der Waals surface area contributed by atoms with Crippen molar-refractivity contribution in [3.8, 4) is 5.75 Å². The summed E-state index contributed by atoms with van der Waals surface area (Å²) in [5.74, 6) is -0.450. The Balaban J connectivity index is 1.64. The van der Waals surface area contributed by atoms with Crippen molar-refractivity contribution in [3.63, 3.8) is 0 Å². The fraction of sp³-hybridized carbons (Fsp3) is 0.556. The molecule has 1 aromatic rings. The molecule has 0 saturated carbocycles. The number of amides is 2. The van der Waals surface area contributed by atoms with Gasteiger partial charge in [-0.1, -0.05) is 18.2 Å². The first-order valence-electron chi connectivity index (χ1n) is 8.87. The number of nitrogens with zero attached hydrogens (tertiary/aromatic N) is 2. The third-order valence-electron chi connectivity index (χ3n) is 5.21. The number of carbonyl (C=O) groups excluding carboxylic acids is 2. The summed E-state index contributed by atoms with van der Waals surface area (Å²) in [7, 11) is -2.08. The van der Waals surface area contributed by atoms with Crippen molar-refractivity contribution in [1.29, 1.82) is 0 Å². The minimum atomic E-state index is -3.59. The molecule has 2 fully saturated rings. The fourth-order valence-corrected chi connectivity index (χ4v) is 5.80. The minimum Gasteiger partial charge on any atom is -0.484 e. The van der Waals surface area contributed by atoms with E-state index in [0.717, 1.165) is 0 Å². The summed E-state index contributed by atoms with van der Waals surface area (Å²) in [5, 5.41) is 0. The molecule has 0 N–H and O–H groups in total. The van der Waals surface area contributed by atoms with Crippen LogP contribution < -0.4 is 4.74 Å². The molecule has 2 heterocycles. The highest BCUT2D eigenvalue weighted by Gasteiger charge is 2.58. The van der Waals surface area contributed by atoms with Gasteiger partial charge in [-0.2, -0.15) is 0 Å². The Morgan fingerprint density at radius 1 is 1.19 bits per heavy atom. The molecule has 0 atom stereocenters. The molecule has 2 aliphatic rings. The van der Waals surface area contributed by atoms with Crippen molar-refractivity contribution >= 4 is 21.7 Å². The van der Waals surface area contributed by atoms with Crippen LogP contribution in [0.15, 0.2) is 30.3 Å². The fourth-order valence-electron chi connectivity index (χ4n) is 3.72. The molecule has 0 radical (unpaired) electrons. The van der Waals surface area contributed by atoms with Crippen molar-refractivity contribution in [2.45, 2.75) is 17.7 Å². The molecule has 0 unspecified atom stereocenters. The second kappa shape index (κ2) is 7.85. The maximum atomic E-state index is 12.7. The highest BCUT2D eigenvalue weighted by molar-refractivity contribution is 7.93. The minimum absolute atomic E-state index is 0.101. The molecule has 1 aromatic carbocycles. The number of piperidine rings is 1. The summed E-state index contributed by atoms with van der Waals surface area (Å²) in [6.07, 6.45) is 0.420. The van der Waals surface area contributed by atoms with Crippen LogP contribution in [0.5, 0.6) is 5.75 Å². The topological polar surface area (TPSA) is 93.2 Å². The van der Waals surface area contributed by atoms with Gasteiger partial charge in [0.05, 0.1) is 6.61 Å². The molecule has 2 saturated heterocycles. The zero-order chi connectivity index (χ0) is 19.5. The lowest BCUT2D eigenvalue weighted by Gasteiger charge is -2.43. The van der Waals surface area contributed by atoms with Gasteiger partial charge in [0.15, 0.2) is 16.4 Å². The number of methoxy groups -OCH3 is 1. The van der Waals surface area contributed by atoms with Crippen LogP contribution in [0.1, 0.15) is 12.8 Å². The number of rotatable bonds is 6. The SMILES string of the molecule is COCCN1C(=O)CS(=O)(=O)C12CCN(C(=O)COc1ccccc1)CC2. The maximum absolute atomic E-state index is 12.7. The number of carbonyl (C=O) groups is 2. The van der Waals surface area contributed by atoms with Gasteiger partial charge in [-0.3, -0.25) is 9.59 Å². The Hall–Kier alpha value is -2.13. The van der Waals surface area contributed by atoms with E-state index in [9.17, 15) is 18.0 Å². The van der Waals surface area contributed by atoms with E-state index in [4.69, 9.17) is 9.47 Å². The van der Waals surface area contributed by atoms with Crippen LogP contribution in [-0.4, -0.2) is 80.6 Å². The van der Waals surface area contributed by atoms with Gasteiger partial charge in [0.25, 0.3) is 5.91 Å². The average molecular weight is 396 g/mol. The molecule has 2 aliphatic heterocycles. The molecule has 8 nitrogen and oxygen atoms in total. The van der Waals surface area contributed by atoms with Gasteiger partial charge < -0.3 is 19.3 Å². The number of benzene rings is 1. The van der Waals surface area contributed by atoms with E-state index in [1.807, 2.05) is 18.2 Å². The quantitative estimate of drug-likeness (QED) is 0.686. The Labute approximate surface area is 158 Å². The maximum Gasteiger partial charge on any atom is 0.260 e. The summed E-state index contributed by atoms with van der Waals surface area (Å²) < 4.78 is 35.9. The standard InChI is InChI=1S/C18H24N2O6S/c1-25-12-11-20-17(22)14-27(23,24)18(20)7-9-19(10-8-18)16(21)13-26-15-5-3-2-4-6-15/h2-6H,7-14H2,1H3. The predicted octanol–water partition coefficient (Wildman–Crippen LogP) is 0.288. The zero-order valence-corrected chi connectivity index (χ0v) is 16.1. The van der Waals surface area contributed by atoms with Crippen LogP contribution in [0.4, 0.5) is 0 Å². The number of likely N-dealkylation sites (tertiary alicyclic amines) is 1. The van der Waals surface area contributed by atoms with E-state index >= 15 is 0 Å². The van der Waals surface area contributed by atoms with Gasteiger partial charge in [-0.15, -0.1) is 0 Å². The van der Waals surface area contributed by atoms with Crippen LogP contribution in [0.2, 0.25) is 0 Å². The summed E-state index contributed by atoms with van der Waals surface area (Å²) in [6, 6.07) is 9.03. The van der Waals surface area contributed by atoms with E-state index in [0.29, 0.717) is 5.75 Å². The van der Waals surface area contributed by atoms with E-state index in [2.05, 4.69) is 0 Å². The second-order valence-corrected chi connectivity index (χ2v) is 9.00. The lowest BCUT2D eigenvalue weighted by Crippen LogP contribution is -2.58. The molecule has 0 aliphatic carbocycles. The summed E-state index contributed by atoms with van der Waals surface area (Å²) in [5.41, 5.74) is 0. The number of hydrogen-bond donors (Lipinski definition) is 0. The molecule has 148 valence electrons. The lowest BCUT2D eigenvalue weighted by molar-refractivity contribution is -0.137. The van der Waals surface area contributed by atoms with E-state index in [1.54, 1.807) is 17.0 Å². The number of sulfone groups is 1. The summed E-state index contributed by atoms with van der Waals surface area (Å²) in [4.78, 5) is 26.4. The van der Waals surface area contributed by atoms with Crippen molar-refractivity contribution < 1.29 is 27.5 Å². The summed E-state index contributed by atoms with van der Waals surface area (Å²) >= 11 is 0. The second-order valence-electron chi connectivity index (χ2n) is 6.73. The number of para-hydroxylation sites is 1. The molecule has 0 bridgehead atoms. The van der Waals surface area contributed by atoms with E-state index in [-0.39, 0.29) is 57.5 Å². The zero-order valence-electron chi connectivity index (χ0n) is 15.3. The lowest BCUT2D eigenvalue weighted by atomic mass is 10.0. The average Bonchev–Trinajstić information content (AvgIpc) is 2.84. The van der Waals surface area contributed by atoms with Gasteiger partial charge in [0.1, 0.15) is 16.4 Å². The molecule has 0 aromatic heterocycles. The van der Waals surface area contributed by atoms with Gasteiger partial charge in [-0.05, 0) is 12.1 Å². The number of hydrogen-bond acceptors (Lipinski definition) is 6. The first kappa shape index (κ1) is 19.6. The largest absolute Gasteiger partial charge is 0.484 e. The van der Waals surface area contributed by atoms with Crippen LogP contribution in [0.25, 0.3) is 0 Å². The molecular weight excluding hydrogens is 372 g/mol. The van der Waals surface area contributed by atoms with Gasteiger partial charge in [0.2, 0.25) is 5.91 Å². The monoisotopic (exact) mass is 396 g/mol. The van der Waals surface area contributed by atoms with Gasteiger partial charge in [0, 0.05) is 39.6 Å². The smallest absolute Gasteiger partial charge is 0.260 e. The van der Waals surface area contributed by atoms with Gasteiger partial charge in [-0.25, -0.2) is 8.42 Å². The molecule has 1 spiro atoms. The van der Waals surface area contributed by atoms with Crippen molar-refractivity contribution in [2.75, 3.05) is 45.7 Å². The Morgan fingerprint density at radius 3 is 2.48 bits per heavy atom. The molecule has 2 amide bonds. The van der Waals surface area contributed by atoms with E-state index in [1.165, 1.54) is 12.0 Å². The Kier molecular flexibility index (Phi) is 5.71. The Bertz CT molecular complexity index is 787. The van der Waals surface area contributed by atoms with Crippen LogP contribution in [0.3, 0.4) is 0 Å². The van der Waals surface area contributed by atoms with Gasteiger partial charge >= 0.3 is 0 Å². The molecular formula is C18H24N2O6S. The summed E-state index contributed by atoms with van der Waals surface area (Å²) in [6.45, 7) is 0.951. The van der Waals surface area contributed by atoms with Crippen LogP contribution in [-0.2, 0) is 24.2 Å².